The first-order valence-electron chi connectivity index (χ1n) is 11.6. The molecule has 0 aliphatic heterocycles. The number of ether oxygens (including phenoxy) is 2. The largest absolute Gasteiger partial charge is 0.486 e. The van der Waals surface area contributed by atoms with Crippen LogP contribution in [0.1, 0.15) is 52.5 Å². The number of carbonyl (C=O) groups is 2. The molecule has 0 saturated carbocycles. The summed E-state index contributed by atoms with van der Waals surface area (Å²) in [5.74, 6) is 1.54. The van der Waals surface area contributed by atoms with Gasteiger partial charge < -0.3 is 19.4 Å². The number of benzene rings is 1. The highest BCUT2D eigenvalue weighted by atomic mass is 32.2. The fraction of sp³-hybridized carbons (Fsp3) is 0.440. The number of fused-ring (bicyclic) bond motifs is 1. The third-order valence-electron chi connectivity index (χ3n) is 6.11. The van der Waals surface area contributed by atoms with E-state index in [2.05, 4.69) is 29.4 Å². The summed E-state index contributed by atoms with van der Waals surface area (Å²) in [6.45, 7) is 4.60. The number of thioether (sulfide) groups is 1. The first kappa shape index (κ1) is 25.2. The number of methoxy groups -OCH3 is 1. The molecule has 35 heavy (non-hydrogen) atoms. The van der Waals surface area contributed by atoms with Crippen LogP contribution in [0, 0.1) is 5.92 Å². The van der Waals surface area contributed by atoms with Crippen LogP contribution in [0.15, 0.2) is 29.4 Å². The van der Waals surface area contributed by atoms with Gasteiger partial charge in [-0.2, -0.15) is 0 Å². The molecule has 1 N–H and O–H groups in total. The molecule has 0 radical (unpaired) electrons. The number of nitrogens with zero attached hydrogens (tertiary/aromatic N) is 3. The zero-order valence-corrected chi connectivity index (χ0v) is 22.1. The molecule has 1 aromatic carbocycles. The van der Waals surface area contributed by atoms with Gasteiger partial charge in [-0.1, -0.05) is 37.7 Å². The summed E-state index contributed by atoms with van der Waals surface area (Å²) in [4.78, 5) is 26.4. The van der Waals surface area contributed by atoms with Gasteiger partial charge in [-0.15, -0.1) is 21.5 Å². The van der Waals surface area contributed by atoms with Crippen molar-refractivity contribution in [1.29, 1.82) is 0 Å². The van der Waals surface area contributed by atoms with Crippen LogP contribution >= 0.6 is 23.1 Å². The molecule has 1 amide bonds. The summed E-state index contributed by atoms with van der Waals surface area (Å²) in [5, 5.41) is 12.5. The van der Waals surface area contributed by atoms with E-state index in [0.29, 0.717) is 27.5 Å². The van der Waals surface area contributed by atoms with Crippen molar-refractivity contribution in [3.8, 4) is 5.75 Å². The van der Waals surface area contributed by atoms with Crippen LogP contribution in [0.25, 0.3) is 0 Å². The first-order valence-corrected chi connectivity index (χ1v) is 13.4. The van der Waals surface area contributed by atoms with E-state index in [0.717, 1.165) is 41.9 Å². The average Bonchev–Trinajstić information content (AvgIpc) is 3.39. The summed E-state index contributed by atoms with van der Waals surface area (Å²) in [7, 11) is 3.22. The molecule has 1 unspecified atom stereocenters. The number of nitrogens with one attached hydrogen (secondary N) is 1. The molecule has 2 aromatic heterocycles. The lowest BCUT2D eigenvalue weighted by molar-refractivity contribution is -0.113. The number of aromatic nitrogens is 3. The summed E-state index contributed by atoms with van der Waals surface area (Å²) in [5.41, 5.74) is 2.77. The van der Waals surface area contributed by atoms with Crippen molar-refractivity contribution in [2.24, 2.45) is 13.0 Å². The predicted molar refractivity (Wildman–Crippen MR) is 137 cm³/mol. The Morgan fingerprint density at radius 1 is 1.26 bits per heavy atom. The molecule has 3 aromatic rings. The maximum atomic E-state index is 12.7. The van der Waals surface area contributed by atoms with Crippen LogP contribution in [-0.4, -0.2) is 39.5 Å². The van der Waals surface area contributed by atoms with E-state index >= 15 is 0 Å². The molecule has 0 bridgehead atoms. The maximum Gasteiger partial charge on any atom is 0.341 e. The number of hydrogen-bond donors (Lipinski definition) is 1. The lowest BCUT2D eigenvalue weighted by Crippen LogP contribution is -2.17. The summed E-state index contributed by atoms with van der Waals surface area (Å²) in [6.07, 6.45) is 3.75. The Morgan fingerprint density at radius 2 is 2.03 bits per heavy atom. The number of carbonyl (C=O) groups excluding carboxylic acids is 2. The van der Waals surface area contributed by atoms with Gasteiger partial charge in [0.05, 0.1) is 18.4 Å². The standard InChI is InChI=1S/C25H30N4O4S2/c1-5-16-7-9-17(10-8-16)33-13-20-27-28-25(29(20)3)34-14-21(30)26-23-22(24(31)32-4)18-11-6-15(2)12-19(18)35-23/h7-10,15H,5-6,11-14H2,1-4H3,(H,26,30). The summed E-state index contributed by atoms with van der Waals surface area (Å²) < 4.78 is 12.7. The lowest BCUT2D eigenvalue weighted by atomic mass is 9.88. The van der Waals surface area contributed by atoms with Gasteiger partial charge in [-0.25, -0.2) is 4.79 Å². The molecule has 1 aliphatic carbocycles. The van der Waals surface area contributed by atoms with Gasteiger partial charge in [-0.3, -0.25) is 4.79 Å². The smallest absolute Gasteiger partial charge is 0.341 e. The number of anilines is 1. The van der Waals surface area contributed by atoms with Gasteiger partial charge in [0.2, 0.25) is 5.91 Å². The second-order valence-corrected chi connectivity index (χ2v) is 10.7. The normalized spacial score (nSPS) is 14.9. The van der Waals surface area contributed by atoms with Crippen LogP contribution < -0.4 is 10.1 Å². The van der Waals surface area contributed by atoms with Crippen molar-refractivity contribution < 1.29 is 19.1 Å². The Balaban J connectivity index is 1.36. The third kappa shape index (κ3) is 5.87. The number of thiophene rings is 1. The van der Waals surface area contributed by atoms with Gasteiger partial charge in [0.25, 0.3) is 0 Å². The van der Waals surface area contributed by atoms with Crippen LogP contribution in [0.3, 0.4) is 0 Å². The molecular formula is C25H30N4O4S2. The molecule has 0 spiro atoms. The Hall–Kier alpha value is -2.85. The van der Waals surface area contributed by atoms with E-state index in [4.69, 9.17) is 9.47 Å². The van der Waals surface area contributed by atoms with E-state index in [1.165, 1.54) is 35.8 Å². The second-order valence-electron chi connectivity index (χ2n) is 8.63. The average molecular weight is 515 g/mol. The molecule has 186 valence electrons. The Kier molecular flexibility index (Phi) is 8.12. The number of esters is 1. The number of aryl methyl sites for hydroxylation is 1. The second kappa shape index (κ2) is 11.3. The highest BCUT2D eigenvalue weighted by molar-refractivity contribution is 7.99. The van der Waals surface area contributed by atoms with E-state index in [9.17, 15) is 9.59 Å². The third-order valence-corrected chi connectivity index (χ3v) is 8.30. The molecule has 1 atom stereocenters. The monoisotopic (exact) mass is 514 g/mol. The van der Waals surface area contributed by atoms with Gasteiger partial charge in [0.15, 0.2) is 11.0 Å². The van der Waals surface area contributed by atoms with E-state index < -0.39 is 5.97 Å². The molecular weight excluding hydrogens is 484 g/mol. The van der Waals surface area contributed by atoms with Crippen LogP contribution in [0.2, 0.25) is 0 Å². The van der Waals surface area contributed by atoms with Crippen LogP contribution in [0.5, 0.6) is 5.75 Å². The number of rotatable bonds is 9. The molecule has 1 aliphatic rings. The Labute approximate surface area is 213 Å². The minimum Gasteiger partial charge on any atom is -0.486 e. The highest BCUT2D eigenvalue weighted by Gasteiger charge is 2.29. The molecule has 10 heteroatoms. The fourth-order valence-electron chi connectivity index (χ4n) is 4.02. The first-order chi connectivity index (χ1) is 16.9. The Bertz CT molecular complexity index is 1200. The summed E-state index contributed by atoms with van der Waals surface area (Å²) >= 11 is 2.77. The minimum atomic E-state index is -0.401. The van der Waals surface area contributed by atoms with E-state index in [1.807, 2.05) is 35.9 Å². The van der Waals surface area contributed by atoms with Crippen molar-refractivity contribution in [2.45, 2.75) is 51.3 Å². The zero-order valence-electron chi connectivity index (χ0n) is 20.4. The van der Waals surface area contributed by atoms with Crippen molar-refractivity contribution >= 4 is 40.0 Å². The van der Waals surface area contributed by atoms with E-state index in [1.54, 1.807) is 0 Å². The van der Waals surface area contributed by atoms with Crippen molar-refractivity contribution in [1.82, 2.24) is 14.8 Å². The SMILES string of the molecule is CCc1ccc(OCc2nnc(SCC(=O)Nc3sc4c(c3C(=O)OC)CCC(C)C4)n2C)cc1. The summed E-state index contributed by atoms with van der Waals surface area (Å²) in [6, 6.07) is 7.98. The number of amides is 1. The van der Waals surface area contributed by atoms with E-state index in [-0.39, 0.29) is 18.3 Å². The minimum absolute atomic E-state index is 0.144. The fourth-order valence-corrected chi connectivity index (χ4v) is 6.16. The maximum absolute atomic E-state index is 12.7. The topological polar surface area (TPSA) is 95.3 Å². The van der Waals surface area contributed by atoms with Gasteiger partial charge in [0, 0.05) is 11.9 Å². The molecule has 0 fully saturated rings. The van der Waals surface area contributed by atoms with Gasteiger partial charge >= 0.3 is 5.97 Å². The molecule has 8 nitrogen and oxygen atoms in total. The van der Waals surface area contributed by atoms with Crippen LogP contribution in [-0.2, 0) is 42.4 Å². The predicted octanol–water partition coefficient (Wildman–Crippen LogP) is 4.66. The lowest BCUT2D eigenvalue weighted by Gasteiger charge is -2.18. The molecule has 4 rings (SSSR count). The molecule has 2 heterocycles. The zero-order chi connectivity index (χ0) is 24.9. The molecule has 0 saturated heterocycles. The number of hydrogen-bond acceptors (Lipinski definition) is 8. The van der Waals surface area contributed by atoms with Crippen molar-refractivity contribution in [2.75, 3.05) is 18.2 Å². The Morgan fingerprint density at radius 3 is 2.74 bits per heavy atom. The van der Waals surface area contributed by atoms with Crippen molar-refractivity contribution in [3.63, 3.8) is 0 Å². The highest BCUT2D eigenvalue weighted by Crippen LogP contribution is 2.40. The van der Waals surface area contributed by atoms with Gasteiger partial charge in [0.1, 0.15) is 17.4 Å². The quantitative estimate of drug-likeness (QED) is 0.328. The van der Waals surface area contributed by atoms with Crippen molar-refractivity contribution in [3.05, 3.63) is 51.7 Å². The van der Waals surface area contributed by atoms with Gasteiger partial charge in [-0.05, 0) is 54.9 Å². The van der Waals surface area contributed by atoms with Crippen LogP contribution in [0.4, 0.5) is 5.00 Å².